The molecule has 0 bridgehead atoms. The van der Waals surface area contributed by atoms with Crippen molar-refractivity contribution >= 4 is 76.1 Å². The maximum Gasteiger partial charge on any atom is 0.235 e. The summed E-state index contributed by atoms with van der Waals surface area (Å²) in [5.41, 5.74) is 13.3. The average Bonchev–Trinajstić information content (AvgIpc) is 3.86. The van der Waals surface area contributed by atoms with Crippen LogP contribution in [0.25, 0.3) is 121 Å². The van der Waals surface area contributed by atoms with Crippen LogP contribution in [-0.4, -0.2) is 19.1 Å². The Morgan fingerprint density at radius 3 is 1.68 bits per heavy atom. The molecule has 0 fully saturated rings. The first-order chi connectivity index (χ1) is 30.7. The zero-order chi connectivity index (χ0) is 40.7. The predicted molar refractivity (Wildman–Crippen MR) is 260 cm³/mol. The number of para-hydroxylation sites is 4. The van der Waals surface area contributed by atoms with Crippen LogP contribution in [0.5, 0.6) is 0 Å². The van der Waals surface area contributed by atoms with Gasteiger partial charge in [-0.15, -0.1) is 0 Å². The van der Waals surface area contributed by atoms with E-state index in [2.05, 4.69) is 228 Å². The van der Waals surface area contributed by atoms with E-state index >= 15 is 0 Å². The van der Waals surface area contributed by atoms with Gasteiger partial charge in [-0.05, 0) is 104 Å². The number of benzene rings is 10. The molecule has 10 aromatic carbocycles. The Balaban J connectivity index is 1.01. The molecule has 13 aromatic rings. The van der Waals surface area contributed by atoms with Crippen LogP contribution in [0.3, 0.4) is 0 Å². The average molecular weight is 789 g/mol. The number of nitrogens with zero attached hydrogens (tertiary/aromatic N) is 4. The van der Waals surface area contributed by atoms with Crippen molar-refractivity contribution in [2.75, 3.05) is 0 Å². The van der Waals surface area contributed by atoms with Gasteiger partial charge >= 0.3 is 0 Å². The molecule has 0 N–H and O–H groups in total. The van der Waals surface area contributed by atoms with Crippen LogP contribution in [0, 0.1) is 0 Å². The smallest absolute Gasteiger partial charge is 0.235 e. The third-order valence-corrected chi connectivity index (χ3v) is 12.7. The second kappa shape index (κ2) is 13.6. The summed E-state index contributed by atoms with van der Waals surface area (Å²) in [5.74, 6) is 0.649. The minimum Gasteiger partial charge on any atom is -0.309 e. The van der Waals surface area contributed by atoms with Crippen LogP contribution >= 0.6 is 0 Å². The second-order valence-corrected chi connectivity index (χ2v) is 16.2. The molecule has 62 heavy (non-hydrogen) atoms. The Kier molecular flexibility index (Phi) is 7.57. The van der Waals surface area contributed by atoms with Crippen molar-refractivity contribution < 1.29 is 0 Å². The van der Waals surface area contributed by atoms with Crippen molar-refractivity contribution in [1.82, 2.24) is 19.1 Å². The van der Waals surface area contributed by atoms with Gasteiger partial charge in [0.25, 0.3) is 0 Å². The van der Waals surface area contributed by atoms with Crippen molar-refractivity contribution in [2.45, 2.75) is 0 Å². The maximum atomic E-state index is 5.45. The molecule has 0 aliphatic rings. The van der Waals surface area contributed by atoms with Crippen molar-refractivity contribution in [3.8, 4) is 45.1 Å². The second-order valence-electron chi connectivity index (χ2n) is 16.2. The van der Waals surface area contributed by atoms with E-state index in [-0.39, 0.29) is 0 Å². The highest BCUT2D eigenvalue weighted by atomic mass is 15.2. The van der Waals surface area contributed by atoms with Gasteiger partial charge in [-0.3, -0.25) is 4.57 Å². The van der Waals surface area contributed by atoms with Crippen LogP contribution in [-0.2, 0) is 0 Å². The SMILES string of the molecule is c1ccc(-c2ccc3cc(-c4nc(-n5c6ccccc6c6cc(-c7cc8c(c9ccccc79)c7ccccc7n8-c7ccccc7)ccc65)nc5ccccc45)ccc3c2)cc1. The lowest BCUT2D eigenvalue weighted by Gasteiger charge is -2.13. The van der Waals surface area contributed by atoms with Crippen LogP contribution in [0.15, 0.2) is 218 Å². The summed E-state index contributed by atoms with van der Waals surface area (Å²) in [6.07, 6.45) is 0. The molecule has 0 saturated heterocycles. The van der Waals surface area contributed by atoms with Gasteiger partial charge in [0.2, 0.25) is 5.95 Å². The molecule has 0 atom stereocenters. The Hall–Kier alpha value is -8.34. The number of hydrogen-bond donors (Lipinski definition) is 0. The fraction of sp³-hybridized carbons (Fsp3) is 0. The molecule has 0 radical (unpaired) electrons. The minimum absolute atomic E-state index is 0.649. The van der Waals surface area contributed by atoms with Crippen molar-refractivity contribution in [1.29, 1.82) is 0 Å². The number of rotatable bonds is 5. The molecule has 13 rings (SSSR count). The Bertz CT molecular complexity index is 3920. The van der Waals surface area contributed by atoms with Gasteiger partial charge < -0.3 is 4.57 Å². The van der Waals surface area contributed by atoms with Gasteiger partial charge in [0.1, 0.15) is 0 Å². The quantitative estimate of drug-likeness (QED) is 0.174. The number of aromatic nitrogens is 4. The molecule has 3 aromatic heterocycles. The molecular weight excluding hydrogens is 753 g/mol. The van der Waals surface area contributed by atoms with Crippen LogP contribution in [0.4, 0.5) is 0 Å². The van der Waals surface area contributed by atoms with Gasteiger partial charge in [0, 0.05) is 38.2 Å². The van der Waals surface area contributed by atoms with Gasteiger partial charge in [0.15, 0.2) is 0 Å². The molecule has 0 aliphatic heterocycles. The highest BCUT2D eigenvalue weighted by Gasteiger charge is 2.21. The van der Waals surface area contributed by atoms with Gasteiger partial charge in [-0.1, -0.05) is 158 Å². The minimum atomic E-state index is 0.649. The summed E-state index contributed by atoms with van der Waals surface area (Å²) in [6.45, 7) is 0. The fourth-order valence-corrected chi connectivity index (χ4v) is 9.87. The lowest BCUT2D eigenvalue weighted by molar-refractivity contribution is 1.01. The lowest BCUT2D eigenvalue weighted by atomic mass is 9.94. The van der Waals surface area contributed by atoms with E-state index in [9.17, 15) is 0 Å². The first-order valence-corrected chi connectivity index (χ1v) is 21.2. The third-order valence-electron chi connectivity index (χ3n) is 12.7. The molecule has 0 amide bonds. The molecule has 4 nitrogen and oxygen atoms in total. The van der Waals surface area contributed by atoms with E-state index in [0.717, 1.165) is 55.2 Å². The molecule has 0 spiro atoms. The van der Waals surface area contributed by atoms with E-state index in [1.54, 1.807) is 0 Å². The van der Waals surface area contributed by atoms with E-state index in [1.165, 1.54) is 60.0 Å². The highest BCUT2D eigenvalue weighted by Crippen LogP contribution is 2.43. The first kappa shape index (κ1) is 34.5. The Morgan fingerprint density at radius 2 is 0.887 bits per heavy atom. The maximum absolute atomic E-state index is 5.45. The predicted octanol–water partition coefficient (Wildman–Crippen LogP) is 15.1. The summed E-state index contributed by atoms with van der Waals surface area (Å²) in [5, 5.41) is 10.7. The summed E-state index contributed by atoms with van der Waals surface area (Å²) in [4.78, 5) is 10.7. The van der Waals surface area contributed by atoms with E-state index in [1.807, 2.05) is 0 Å². The highest BCUT2D eigenvalue weighted by molar-refractivity contribution is 6.24. The van der Waals surface area contributed by atoms with Gasteiger partial charge in [0.05, 0.1) is 33.3 Å². The Morgan fingerprint density at radius 1 is 0.306 bits per heavy atom. The van der Waals surface area contributed by atoms with E-state index in [0.29, 0.717) is 5.95 Å². The van der Waals surface area contributed by atoms with E-state index in [4.69, 9.17) is 9.97 Å². The summed E-state index contributed by atoms with van der Waals surface area (Å²) < 4.78 is 4.66. The normalized spacial score (nSPS) is 11.9. The topological polar surface area (TPSA) is 35.6 Å². The van der Waals surface area contributed by atoms with Crippen molar-refractivity contribution in [2.24, 2.45) is 0 Å². The van der Waals surface area contributed by atoms with Crippen LogP contribution < -0.4 is 0 Å². The molecule has 0 unspecified atom stereocenters. The standard InChI is InChI=1S/C58H36N4/c1-3-15-37(16-4-1)38-27-28-40-34-42(30-29-39(40)33-38)57-47-22-9-12-24-51(47)59-58(60-57)62-52-25-13-10-20-45(52)50-35-41(31-32-54(50)62)49-36-55-56(46-21-8-7-19-44(46)49)48-23-11-14-26-53(48)61(55)43-17-5-2-6-18-43/h1-36H. The molecule has 0 aliphatic carbocycles. The van der Waals surface area contributed by atoms with Crippen LogP contribution in [0.2, 0.25) is 0 Å². The molecular formula is C58H36N4. The Labute approximate surface area is 357 Å². The summed E-state index contributed by atoms with van der Waals surface area (Å²) in [6, 6.07) is 78.6. The summed E-state index contributed by atoms with van der Waals surface area (Å²) >= 11 is 0. The molecule has 3 heterocycles. The third kappa shape index (κ3) is 5.27. The van der Waals surface area contributed by atoms with Gasteiger partial charge in [-0.25, -0.2) is 9.97 Å². The summed E-state index contributed by atoms with van der Waals surface area (Å²) in [7, 11) is 0. The largest absolute Gasteiger partial charge is 0.309 e. The number of hydrogen-bond acceptors (Lipinski definition) is 2. The molecule has 288 valence electrons. The van der Waals surface area contributed by atoms with Crippen molar-refractivity contribution in [3.63, 3.8) is 0 Å². The van der Waals surface area contributed by atoms with E-state index < -0.39 is 0 Å². The van der Waals surface area contributed by atoms with Crippen molar-refractivity contribution in [3.05, 3.63) is 218 Å². The fourth-order valence-electron chi connectivity index (χ4n) is 9.87. The number of fused-ring (bicyclic) bond motifs is 10. The monoisotopic (exact) mass is 788 g/mol. The zero-order valence-corrected chi connectivity index (χ0v) is 33.6. The molecule has 4 heteroatoms. The van der Waals surface area contributed by atoms with Gasteiger partial charge in [-0.2, -0.15) is 0 Å². The van der Waals surface area contributed by atoms with Crippen LogP contribution in [0.1, 0.15) is 0 Å². The zero-order valence-electron chi connectivity index (χ0n) is 33.6. The first-order valence-electron chi connectivity index (χ1n) is 21.2. The molecule has 0 saturated carbocycles. The lowest BCUT2D eigenvalue weighted by Crippen LogP contribution is -2.03.